The van der Waals surface area contributed by atoms with Crippen LogP contribution in [0.5, 0.6) is 17.2 Å². The normalized spacial score (nSPS) is 14.1. The number of hydrogen-bond acceptors (Lipinski definition) is 11. The largest absolute Gasteiger partial charge is 0.484 e. The molecule has 0 spiro atoms. The van der Waals surface area contributed by atoms with E-state index in [2.05, 4.69) is 15.5 Å². The number of rotatable bonds is 12. The van der Waals surface area contributed by atoms with Crippen molar-refractivity contribution < 1.29 is 43.0 Å². The topological polar surface area (TPSA) is 165 Å². The summed E-state index contributed by atoms with van der Waals surface area (Å²) in [5.41, 5.74) is 9.16. The summed E-state index contributed by atoms with van der Waals surface area (Å²) >= 11 is 0. The summed E-state index contributed by atoms with van der Waals surface area (Å²) in [6.07, 6.45) is 0.333. The van der Waals surface area contributed by atoms with Gasteiger partial charge in [0.15, 0.2) is 18.1 Å². The van der Waals surface area contributed by atoms with Gasteiger partial charge in [-0.2, -0.15) is 0 Å². The van der Waals surface area contributed by atoms with Gasteiger partial charge in [-0.05, 0) is 36.2 Å². The summed E-state index contributed by atoms with van der Waals surface area (Å²) in [5.74, 6) is -2.34. The summed E-state index contributed by atoms with van der Waals surface area (Å²) in [6.45, 7) is 1.16. The Morgan fingerprint density at radius 2 is 1.78 bits per heavy atom. The van der Waals surface area contributed by atoms with E-state index in [4.69, 9.17) is 24.8 Å². The van der Waals surface area contributed by atoms with Gasteiger partial charge in [0.25, 0.3) is 5.91 Å². The number of carbonyl (C=O) groups excluding carboxylic acids is 4. The number of carbonyl (C=O) groups is 4. The van der Waals surface area contributed by atoms with Crippen molar-refractivity contribution in [2.24, 2.45) is 11.7 Å². The molecule has 2 unspecified atom stereocenters. The molecule has 12 heteroatoms. The molecule has 0 saturated heterocycles. The molecule has 2 amide bonds. The second-order valence-corrected chi connectivity index (χ2v) is 8.16. The van der Waals surface area contributed by atoms with Crippen LogP contribution in [0.25, 0.3) is 0 Å². The lowest BCUT2D eigenvalue weighted by Crippen LogP contribution is -2.57. The minimum atomic E-state index is -1.37. The lowest BCUT2D eigenvalue weighted by atomic mass is 9.95. The molecule has 0 radical (unpaired) electrons. The van der Waals surface area contributed by atoms with Crippen molar-refractivity contribution in [3.63, 3.8) is 0 Å². The lowest BCUT2D eigenvalue weighted by Gasteiger charge is -2.27. The van der Waals surface area contributed by atoms with Gasteiger partial charge < -0.3 is 29.5 Å². The molecule has 1 heterocycles. The molecular formula is C25H29N3O9. The van der Waals surface area contributed by atoms with Gasteiger partial charge in [-0.25, -0.2) is 0 Å². The maximum absolute atomic E-state index is 12.7. The molecule has 198 valence electrons. The van der Waals surface area contributed by atoms with Crippen molar-refractivity contribution in [1.29, 1.82) is 0 Å². The van der Waals surface area contributed by atoms with Crippen LogP contribution < -0.4 is 30.7 Å². The summed E-state index contributed by atoms with van der Waals surface area (Å²) < 4.78 is 20.6. The fourth-order valence-electron chi connectivity index (χ4n) is 3.41. The van der Waals surface area contributed by atoms with Crippen molar-refractivity contribution in [2.75, 3.05) is 20.5 Å². The number of hydroxylamine groups is 1. The van der Waals surface area contributed by atoms with Gasteiger partial charge in [0.2, 0.25) is 12.7 Å². The van der Waals surface area contributed by atoms with Crippen LogP contribution in [0.1, 0.15) is 18.9 Å². The molecule has 0 aliphatic carbocycles. The zero-order chi connectivity index (χ0) is 26.8. The summed E-state index contributed by atoms with van der Waals surface area (Å²) in [5, 5.41) is 2.18. The first-order valence-electron chi connectivity index (χ1n) is 11.5. The van der Waals surface area contributed by atoms with Gasteiger partial charge >= 0.3 is 11.9 Å². The predicted molar refractivity (Wildman–Crippen MR) is 128 cm³/mol. The highest BCUT2D eigenvalue weighted by Crippen LogP contribution is 2.32. The Morgan fingerprint density at radius 1 is 1.05 bits per heavy atom. The van der Waals surface area contributed by atoms with Gasteiger partial charge in [0.1, 0.15) is 11.8 Å². The van der Waals surface area contributed by atoms with Crippen molar-refractivity contribution >= 4 is 23.8 Å². The second kappa shape index (κ2) is 13.2. The van der Waals surface area contributed by atoms with Crippen molar-refractivity contribution in [2.45, 2.75) is 31.8 Å². The fourth-order valence-corrected chi connectivity index (χ4v) is 3.41. The molecule has 2 aromatic rings. The molecule has 1 aliphatic heterocycles. The molecule has 2 aromatic carbocycles. The fraction of sp³-hybridized carbons (Fsp3) is 0.360. The Hall–Kier alpha value is -4.16. The highest BCUT2D eigenvalue weighted by atomic mass is 16.7. The third kappa shape index (κ3) is 7.92. The number of methoxy groups -OCH3 is 1. The lowest BCUT2D eigenvalue weighted by molar-refractivity contribution is -0.159. The molecule has 0 bridgehead atoms. The van der Waals surface area contributed by atoms with Crippen LogP contribution in [0.4, 0.5) is 0 Å². The molecule has 0 aromatic heterocycles. The van der Waals surface area contributed by atoms with E-state index in [0.29, 0.717) is 23.7 Å². The number of nitrogens with one attached hydrogen (secondary N) is 2. The number of ether oxygens (including phenoxy) is 4. The van der Waals surface area contributed by atoms with Crippen molar-refractivity contribution in [3.05, 3.63) is 54.1 Å². The zero-order valence-electron chi connectivity index (χ0n) is 20.4. The van der Waals surface area contributed by atoms with Crippen LogP contribution in [0.3, 0.4) is 0 Å². The zero-order valence-corrected chi connectivity index (χ0v) is 20.4. The monoisotopic (exact) mass is 515 g/mol. The maximum Gasteiger partial charge on any atom is 0.325 e. The first kappa shape index (κ1) is 27.4. The third-order valence-corrected chi connectivity index (χ3v) is 5.55. The minimum absolute atomic E-state index is 0.0112. The van der Waals surface area contributed by atoms with Crippen molar-refractivity contribution in [1.82, 2.24) is 10.8 Å². The van der Waals surface area contributed by atoms with Crippen LogP contribution in [0.15, 0.2) is 48.5 Å². The number of fused-ring (bicyclic) bond motifs is 1. The van der Waals surface area contributed by atoms with E-state index < -0.39 is 48.4 Å². The number of para-hydroxylation sites is 1. The molecule has 3 atom stereocenters. The molecule has 12 nitrogen and oxygen atoms in total. The molecule has 0 saturated carbocycles. The first-order valence-corrected chi connectivity index (χ1v) is 11.5. The van der Waals surface area contributed by atoms with Gasteiger partial charge in [-0.1, -0.05) is 31.2 Å². The summed E-state index contributed by atoms with van der Waals surface area (Å²) in [7, 11) is 1.13. The Balaban J connectivity index is 1.53. The average Bonchev–Trinajstić information content (AvgIpc) is 3.38. The predicted octanol–water partition coefficient (Wildman–Crippen LogP) is 0.623. The van der Waals surface area contributed by atoms with Gasteiger partial charge in [0, 0.05) is 0 Å². The smallest absolute Gasteiger partial charge is 0.325 e. The van der Waals surface area contributed by atoms with E-state index in [9.17, 15) is 19.2 Å². The van der Waals surface area contributed by atoms with Gasteiger partial charge in [-0.15, -0.1) is 5.48 Å². The maximum atomic E-state index is 12.7. The number of benzene rings is 2. The minimum Gasteiger partial charge on any atom is -0.484 e. The highest BCUT2D eigenvalue weighted by molar-refractivity contribution is 5.97. The Kier molecular flexibility index (Phi) is 9.81. The third-order valence-electron chi connectivity index (χ3n) is 5.55. The van der Waals surface area contributed by atoms with E-state index >= 15 is 0 Å². The number of hydrogen-bond donors (Lipinski definition) is 3. The number of aryl methyl sites for hydroxylation is 1. The van der Waals surface area contributed by atoms with Crippen LogP contribution in [-0.2, 0) is 35.2 Å². The molecule has 0 fully saturated rings. The van der Waals surface area contributed by atoms with E-state index in [1.54, 1.807) is 48.5 Å². The van der Waals surface area contributed by atoms with Crippen LogP contribution in [0.2, 0.25) is 0 Å². The first-order chi connectivity index (χ1) is 17.8. The van der Waals surface area contributed by atoms with E-state index in [1.165, 1.54) is 6.92 Å². The van der Waals surface area contributed by atoms with Gasteiger partial charge in [-0.3, -0.25) is 24.5 Å². The van der Waals surface area contributed by atoms with Crippen LogP contribution in [-0.4, -0.2) is 56.3 Å². The van der Waals surface area contributed by atoms with Crippen molar-refractivity contribution in [3.8, 4) is 17.2 Å². The summed E-state index contributed by atoms with van der Waals surface area (Å²) in [6, 6.07) is 11.3. The quantitative estimate of drug-likeness (QED) is 0.268. The standard InChI is InChI=1S/C25H29N3O9/c1-15(24(31)27-20(29)13-34-17-6-4-3-5-7-17)23(22(26)25(32)33-2)28-37-21(30)11-9-16-8-10-18-19(12-16)36-14-35-18/h3-8,10,12,15,22-23,28H,9,11,13-14,26H2,1-2H3,(H,27,29,31)/t15?,22-,23?/m0/s1. The number of amides is 2. The number of esters is 1. The molecule has 4 N–H and O–H groups in total. The Morgan fingerprint density at radius 3 is 2.51 bits per heavy atom. The SMILES string of the molecule is COC(=O)[C@@H](N)C(NOC(=O)CCc1ccc2c(c1)OCO2)C(C)C(=O)NC(=O)COc1ccccc1. The average molecular weight is 516 g/mol. The number of nitrogens with two attached hydrogens (primary N) is 1. The molecule has 37 heavy (non-hydrogen) atoms. The Bertz CT molecular complexity index is 1110. The molecular weight excluding hydrogens is 486 g/mol. The van der Waals surface area contributed by atoms with Crippen LogP contribution in [0, 0.1) is 5.92 Å². The summed E-state index contributed by atoms with van der Waals surface area (Å²) in [4.78, 5) is 54.3. The van der Waals surface area contributed by atoms with E-state index in [-0.39, 0.29) is 13.2 Å². The Labute approximate surface area is 213 Å². The van der Waals surface area contributed by atoms with E-state index in [0.717, 1.165) is 12.7 Å². The highest BCUT2D eigenvalue weighted by Gasteiger charge is 2.35. The van der Waals surface area contributed by atoms with Gasteiger partial charge in [0.05, 0.1) is 25.5 Å². The molecule has 3 rings (SSSR count). The molecule has 1 aliphatic rings. The van der Waals surface area contributed by atoms with E-state index in [1.807, 2.05) is 0 Å². The second-order valence-electron chi connectivity index (χ2n) is 8.16. The van der Waals surface area contributed by atoms with Crippen LogP contribution >= 0.6 is 0 Å². The number of imide groups is 1.